The SMILES string of the molecule is CCSc1nc2c3c(nc(Cl)c(F)c3n1)CC[C@@H](C)[C@H]1[C@H](C)N(C(=O)OC(C)(C)C)CCN21. The molecule has 4 heterocycles. The third-order valence-corrected chi connectivity index (χ3v) is 7.28. The van der Waals surface area contributed by atoms with Crippen molar-refractivity contribution in [1.29, 1.82) is 0 Å². The van der Waals surface area contributed by atoms with Gasteiger partial charge in [-0.25, -0.2) is 24.1 Å². The molecule has 0 saturated carbocycles. The van der Waals surface area contributed by atoms with Gasteiger partial charge in [0.1, 0.15) is 16.9 Å². The molecule has 1 saturated heterocycles. The third-order valence-electron chi connectivity index (χ3n) is 6.30. The van der Waals surface area contributed by atoms with Crippen LogP contribution in [-0.4, -0.2) is 62.5 Å². The van der Waals surface area contributed by atoms with Crippen molar-refractivity contribution in [3.63, 3.8) is 0 Å². The summed E-state index contributed by atoms with van der Waals surface area (Å²) in [5.74, 6) is 1.07. The number of rotatable bonds is 2. The molecule has 0 aromatic carbocycles. The quantitative estimate of drug-likeness (QED) is 0.317. The van der Waals surface area contributed by atoms with E-state index in [0.29, 0.717) is 35.9 Å². The highest BCUT2D eigenvalue weighted by molar-refractivity contribution is 7.99. The maximum absolute atomic E-state index is 15.1. The minimum atomic E-state index is -0.609. The molecular formula is C23H31ClFN5O2S. The molecule has 2 aliphatic heterocycles. The zero-order chi connectivity index (χ0) is 24.1. The lowest BCUT2D eigenvalue weighted by Gasteiger charge is -2.50. The van der Waals surface area contributed by atoms with Gasteiger partial charge in [0.25, 0.3) is 0 Å². The number of amides is 1. The standard InChI is InChI=1S/C23H31ClFN5O2S/c1-7-33-21-27-17-15-14(26-19(24)16(17)25)9-8-12(2)18-13(3)29(22(31)32-23(4,5)6)10-11-30(18)20(15)28-21/h12-13,18H,7-11H2,1-6H3/t12-,13+,18+/m1/s1. The number of aromatic nitrogens is 3. The van der Waals surface area contributed by atoms with Crippen molar-refractivity contribution in [2.45, 2.75) is 77.2 Å². The number of halogens is 2. The van der Waals surface area contributed by atoms with Crippen LogP contribution in [0.4, 0.5) is 15.0 Å². The van der Waals surface area contributed by atoms with Crippen molar-refractivity contribution in [2.24, 2.45) is 5.92 Å². The van der Waals surface area contributed by atoms with Crippen LogP contribution < -0.4 is 4.90 Å². The van der Waals surface area contributed by atoms with Crippen LogP contribution >= 0.6 is 23.4 Å². The Morgan fingerprint density at radius 1 is 1.24 bits per heavy atom. The van der Waals surface area contributed by atoms with E-state index in [2.05, 4.69) is 28.7 Å². The highest BCUT2D eigenvalue weighted by Crippen LogP contribution is 2.40. The van der Waals surface area contributed by atoms with Gasteiger partial charge in [0.05, 0.1) is 23.2 Å². The summed E-state index contributed by atoms with van der Waals surface area (Å²) in [6.07, 6.45) is 1.15. The van der Waals surface area contributed by atoms with Gasteiger partial charge in [0.15, 0.2) is 16.1 Å². The summed E-state index contributed by atoms with van der Waals surface area (Å²) in [6, 6.07) is -0.113. The number of anilines is 1. The van der Waals surface area contributed by atoms with E-state index in [4.69, 9.17) is 21.3 Å². The summed E-state index contributed by atoms with van der Waals surface area (Å²) < 4.78 is 20.8. The first-order valence-electron chi connectivity index (χ1n) is 11.5. The summed E-state index contributed by atoms with van der Waals surface area (Å²) in [7, 11) is 0. The molecule has 0 bridgehead atoms. The number of carbonyl (C=O) groups excluding carboxylic acids is 1. The fraction of sp³-hybridized carbons (Fsp3) is 0.652. The first-order valence-corrected chi connectivity index (χ1v) is 12.8. The average Bonchev–Trinajstić information content (AvgIpc) is 2.72. The number of pyridine rings is 1. The number of hydrogen-bond donors (Lipinski definition) is 0. The molecule has 0 N–H and O–H groups in total. The Hall–Kier alpha value is -1.87. The van der Waals surface area contributed by atoms with Crippen LogP contribution in [0.15, 0.2) is 5.16 Å². The fourth-order valence-electron chi connectivity index (χ4n) is 4.91. The van der Waals surface area contributed by atoms with Gasteiger partial charge >= 0.3 is 6.09 Å². The Bertz CT molecular complexity index is 1080. The highest BCUT2D eigenvalue weighted by Gasteiger charge is 2.43. The molecule has 10 heteroatoms. The molecule has 0 aliphatic carbocycles. The van der Waals surface area contributed by atoms with Gasteiger partial charge in [0, 0.05) is 13.1 Å². The molecule has 7 nitrogen and oxygen atoms in total. The molecule has 33 heavy (non-hydrogen) atoms. The van der Waals surface area contributed by atoms with Gasteiger partial charge in [-0.05, 0) is 52.2 Å². The van der Waals surface area contributed by atoms with E-state index in [9.17, 15) is 4.79 Å². The van der Waals surface area contributed by atoms with Gasteiger partial charge in [-0.2, -0.15) is 0 Å². The van der Waals surface area contributed by atoms with E-state index in [1.807, 2.05) is 32.6 Å². The second kappa shape index (κ2) is 9.06. The Kier molecular flexibility index (Phi) is 6.66. The zero-order valence-corrected chi connectivity index (χ0v) is 21.6. The van der Waals surface area contributed by atoms with Crippen LogP contribution in [0, 0.1) is 11.7 Å². The molecule has 0 spiro atoms. The minimum absolute atomic E-state index is 0.00395. The van der Waals surface area contributed by atoms with E-state index >= 15 is 4.39 Å². The molecule has 180 valence electrons. The van der Waals surface area contributed by atoms with E-state index in [-0.39, 0.29) is 34.8 Å². The molecule has 2 aliphatic rings. The Morgan fingerprint density at radius 3 is 2.64 bits per heavy atom. The summed E-state index contributed by atoms with van der Waals surface area (Å²) in [4.78, 5) is 30.7. The van der Waals surface area contributed by atoms with E-state index in [0.717, 1.165) is 17.9 Å². The number of piperazine rings is 1. The monoisotopic (exact) mass is 495 g/mol. The van der Waals surface area contributed by atoms with Crippen molar-refractivity contribution >= 4 is 46.2 Å². The molecule has 0 unspecified atom stereocenters. The predicted molar refractivity (Wildman–Crippen MR) is 130 cm³/mol. The average molecular weight is 496 g/mol. The molecule has 4 rings (SSSR count). The van der Waals surface area contributed by atoms with Crippen molar-refractivity contribution in [1.82, 2.24) is 19.9 Å². The number of carbonyl (C=O) groups is 1. The topological polar surface area (TPSA) is 71.5 Å². The van der Waals surface area contributed by atoms with E-state index < -0.39 is 11.4 Å². The van der Waals surface area contributed by atoms with Crippen molar-refractivity contribution in [3.8, 4) is 0 Å². The molecule has 2 aromatic rings. The normalized spacial score (nSPS) is 23.2. The minimum Gasteiger partial charge on any atom is -0.444 e. The number of nitrogens with zero attached hydrogens (tertiary/aromatic N) is 5. The van der Waals surface area contributed by atoms with Crippen molar-refractivity contribution in [3.05, 3.63) is 16.7 Å². The van der Waals surface area contributed by atoms with Crippen molar-refractivity contribution < 1.29 is 13.9 Å². The number of aryl methyl sites for hydroxylation is 1. The van der Waals surface area contributed by atoms with Crippen LogP contribution in [0.25, 0.3) is 10.9 Å². The highest BCUT2D eigenvalue weighted by atomic mass is 35.5. The van der Waals surface area contributed by atoms with Gasteiger partial charge in [-0.15, -0.1) is 0 Å². The van der Waals surface area contributed by atoms with Crippen LogP contribution in [0.3, 0.4) is 0 Å². The van der Waals surface area contributed by atoms with Gasteiger partial charge in [0.2, 0.25) is 0 Å². The van der Waals surface area contributed by atoms with Crippen LogP contribution in [0.5, 0.6) is 0 Å². The van der Waals surface area contributed by atoms with Gasteiger partial charge in [-0.3, -0.25) is 0 Å². The number of ether oxygens (including phenoxy) is 1. The van der Waals surface area contributed by atoms with Gasteiger partial charge in [-0.1, -0.05) is 37.2 Å². The first kappa shape index (κ1) is 24.3. The molecule has 3 atom stereocenters. The number of fused-ring (bicyclic) bond motifs is 2. The summed E-state index contributed by atoms with van der Waals surface area (Å²) >= 11 is 7.62. The second-order valence-corrected chi connectivity index (χ2v) is 11.4. The Balaban J connectivity index is 1.84. The van der Waals surface area contributed by atoms with Crippen LogP contribution in [0.2, 0.25) is 5.15 Å². The van der Waals surface area contributed by atoms with Crippen LogP contribution in [-0.2, 0) is 11.2 Å². The summed E-state index contributed by atoms with van der Waals surface area (Å²) in [6.45, 7) is 12.9. The number of thioether (sulfide) groups is 1. The lowest BCUT2D eigenvalue weighted by Crippen LogP contribution is -2.63. The third kappa shape index (κ3) is 4.58. The summed E-state index contributed by atoms with van der Waals surface area (Å²) in [5, 5.41) is 0.996. The largest absolute Gasteiger partial charge is 0.444 e. The lowest BCUT2D eigenvalue weighted by atomic mass is 9.85. The molecule has 0 radical (unpaired) electrons. The van der Waals surface area contributed by atoms with E-state index in [1.165, 1.54) is 11.8 Å². The first-order chi connectivity index (χ1) is 15.5. The zero-order valence-electron chi connectivity index (χ0n) is 20.0. The smallest absolute Gasteiger partial charge is 0.410 e. The van der Waals surface area contributed by atoms with Crippen molar-refractivity contribution in [2.75, 3.05) is 23.7 Å². The molecular weight excluding hydrogens is 465 g/mol. The number of hydrogen-bond acceptors (Lipinski definition) is 7. The van der Waals surface area contributed by atoms with Crippen LogP contribution in [0.1, 0.15) is 53.7 Å². The summed E-state index contributed by atoms with van der Waals surface area (Å²) in [5.41, 5.74) is 0.390. The molecule has 1 amide bonds. The Labute approximate surface area is 203 Å². The lowest BCUT2D eigenvalue weighted by molar-refractivity contribution is 0.00819. The molecule has 2 aromatic heterocycles. The maximum Gasteiger partial charge on any atom is 0.410 e. The predicted octanol–water partition coefficient (Wildman–Crippen LogP) is 5.33. The van der Waals surface area contributed by atoms with E-state index in [1.54, 1.807) is 0 Å². The second-order valence-electron chi connectivity index (χ2n) is 9.76. The van der Waals surface area contributed by atoms with Gasteiger partial charge < -0.3 is 14.5 Å². The maximum atomic E-state index is 15.1. The fourth-order valence-corrected chi connectivity index (χ4v) is 5.67. The Morgan fingerprint density at radius 2 is 1.97 bits per heavy atom. The molecule has 1 fully saturated rings.